The van der Waals surface area contributed by atoms with E-state index in [0.29, 0.717) is 5.16 Å². The second kappa shape index (κ2) is 7.91. The monoisotopic (exact) mass is 360 g/mol. The fraction of sp³-hybridized carbons (Fsp3) is 0.500. The molecule has 1 unspecified atom stereocenters. The molecular formula is C18H24N4O2S. The van der Waals surface area contributed by atoms with Gasteiger partial charge >= 0.3 is 6.03 Å². The molecule has 1 aromatic carbocycles. The summed E-state index contributed by atoms with van der Waals surface area (Å²) in [5.41, 5.74) is 2.97. The molecule has 1 saturated carbocycles. The van der Waals surface area contributed by atoms with Gasteiger partial charge in [-0.05, 0) is 44.4 Å². The van der Waals surface area contributed by atoms with Gasteiger partial charge in [0.2, 0.25) is 5.91 Å². The first kappa shape index (κ1) is 17.8. The molecule has 0 spiro atoms. The molecule has 1 fully saturated rings. The summed E-state index contributed by atoms with van der Waals surface area (Å²) >= 11 is 1.31. The van der Waals surface area contributed by atoms with Gasteiger partial charge < -0.3 is 10.3 Å². The van der Waals surface area contributed by atoms with Crippen molar-refractivity contribution < 1.29 is 9.59 Å². The number of rotatable bonds is 4. The third-order valence-electron chi connectivity index (χ3n) is 4.45. The van der Waals surface area contributed by atoms with Gasteiger partial charge in [0.1, 0.15) is 0 Å². The molecule has 1 aromatic heterocycles. The Kier molecular flexibility index (Phi) is 5.63. The van der Waals surface area contributed by atoms with E-state index in [4.69, 9.17) is 0 Å². The lowest BCUT2D eigenvalue weighted by atomic mass is 9.96. The number of urea groups is 1. The van der Waals surface area contributed by atoms with Crippen LogP contribution in [-0.4, -0.2) is 33.2 Å². The lowest BCUT2D eigenvalue weighted by Gasteiger charge is -2.22. The fourth-order valence-electron chi connectivity index (χ4n) is 3.06. The Morgan fingerprint density at radius 1 is 1.28 bits per heavy atom. The van der Waals surface area contributed by atoms with E-state index in [1.54, 1.807) is 6.92 Å². The van der Waals surface area contributed by atoms with Crippen LogP contribution < -0.4 is 10.6 Å². The first-order valence-electron chi connectivity index (χ1n) is 8.75. The first-order valence-corrected chi connectivity index (χ1v) is 9.63. The summed E-state index contributed by atoms with van der Waals surface area (Å²) in [6.45, 7) is 3.79. The van der Waals surface area contributed by atoms with Crippen LogP contribution >= 0.6 is 11.8 Å². The van der Waals surface area contributed by atoms with Crippen molar-refractivity contribution in [3.05, 3.63) is 23.8 Å². The van der Waals surface area contributed by atoms with Gasteiger partial charge in [0, 0.05) is 6.04 Å². The maximum Gasteiger partial charge on any atom is 0.321 e. The van der Waals surface area contributed by atoms with Crippen LogP contribution in [0.4, 0.5) is 4.79 Å². The average molecular weight is 360 g/mol. The van der Waals surface area contributed by atoms with Gasteiger partial charge in [0.25, 0.3) is 0 Å². The second-order valence-corrected chi connectivity index (χ2v) is 7.95. The van der Waals surface area contributed by atoms with Gasteiger partial charge in [0.05, 0.1) is 16.3 Å². The van der Waals surface area contributed by atoms with Gasteiger partial charge in [-0.25, -0.2) is 9.78 Å². The topological polar surface area (TPSA) is 86.9 Å². The highest BCUT2D eigenvalue weighted by Gasteiger charge is 2.21. The molecule has 0 bridgehead atoms. The number of nitrogens with one attached hydrogen (secondary N) is 3. The SMILES string of the molecule is Cc1ccc2nc(SC(C)C(=O)NC(=O)NC3CCCCC3)[nH]c2c1. The molecule has 3 amide bonds. The fourth-order valence-corrected chi connectivity index (χ4v) is 3.88. The number of nitrogens with zero attached hydrogens (tertiary/aromatic N) is 1. The highest BCUT2D eigenvalue weighted by atomic mass is 32.2. The average Bonchev–Trinajstić information content (AvgIpc) is 2.96. The number of fused-ring (bicyclic) bond motifs is 1. The van der Waals surface area contributed by atoms with E-state index in [-0.39, 0.29) is 11.9 Å². The molecule has 1 atom stereocenters. The van der Waals surface area contributed by atoms with Crippen molar-refractivity contribution in [2.24, 2.45) is 0 Å². The smallest absolute Gasteiger partial charge is 0.321 e. The van der Waals surface area contributed by atoms with Crippen molar-refractivity contribution >= 4 is 34.7 Å². The third kappa shape index (κ3) is 4.75. The molecule has 1 aliphatic carbocycles. The summed E-state index contributed by atoms with van der Waals surface area (Å²) < 4.78 is 0. The second-order valence-electron chi connectivity index (χ2n) is 6.62. The van der Waals surface area contributed by atoms with Crippen molar-refractivity contribution in [2.75, 3.05) is 0 Å². The number of aryl methyl sites for hydroxylation is 1. The minimum Gasteiger partial charge on any atom is -0.335 e. The Labute approximate surface area is 151 Å². The lowest BCUT2D eigenvalue weighted by molar-refractivity contribution is -0.119. The first-order chi connectivity index (χ1) is 12.0. The highest BCUT2D eigenvalue weighted by Crippen LogP contribution is 2.24. The van der Waals surface area contributed by atoms with E-state index >= 15 is 0 Å². The molecule has 1 aliphatic rings. The molecule has 0 radical (unpaired) electrons. The standard InChI is InChI=1S/C18H24N4O2S/c1-11-8-9-14-15(10-11)21-18(20-14)25-12(2)16(23)22-17(24)19-13-6-4-3-5-7-13/h8-10,12-13H,3-7H2,1-2H3,(H,20,21)(H2,19,22,23,24). The highest BCUT2D eigenvalue weighted by molar-refractivity contribution is 8.00. The minimum absolute atomic E-state index is 0.183. The molecule has 3 rings (SSSR count). The summed E-state index contributed by atoms with van der Waals surface area (Å²) in [6.07, 6.45) is 5.48. The van der Waals surface area contributed by atoms with E-state index < -0.39 is 11.3 Å². The number of hydrogen-bond donors (Lipinski definition) is 3. The number of aromatic nitrogens is 2. The molecule has 134 valence electrons. The zero-order valence-electron chi connectivity index (χ0n) is 14.6. The van der Waals surface area contributed by atoms with Crippen LogP contribution in [0.1, 0.15) is 44.6 Å². The number of imidazole rings is 1. The Morgan fingerprint density at radius 3 is 2.80 bits per heavy atom. The van der Waals surface area contributed by atoms with Crippen molar-refractivity contribution in [3.63, 3.8) is 0 Å². The molecule has 3 N–H and O–H groups in total. The number of thioether (sulfide) groups is 1. The predicted molar refractivity (Wildman–Crippen MR) is 99.7 cm³/mol. The Hall–Kier alpha value is -2.02. The number of amides is 3. The van der Waals surface area contributed by atoms with Crippen LogP contribution in [0, 0.1) is 6.92 Å². The molecule has 7 heteroatoms. The Morgan fingerprint density at radius 2 is 2.04 bits per heavy atom. The van der Waals surface area contributed by atoms with Crippen molar-refractivity contribution in [3.8, 4) is 0 Å². The van der Waals surface area contributed by atoms with Crippen molar-refractivity contribution in [1.29, 1.82) is 0 Å². The maximum absolute atomic E-state index is 12.2. The number of carbonyl (C=O) groups is 2. The quantitative estimate of drug-likeness (QED) is 0.728. The van der Waals surface area contributed by atoms with Gasteiger partial charge in [0.15, 0.2) is 5.16 Å². The number of carbonyl (C=O) groups excluding carboxylic acids is 2. The van der Waals surface area contributed by atoms with Crippen molar-refractivity contribution in [1.82, 2.24) is 20.6 Å². The summed E-state index contributed by atoms with van der Waals surface area (Å²) in [5, 5.41) is 5.59. The number of benzene rings is 1. The van der Waals surface area contributed by atoms with Crippen LogP contribution in [-0.2, 0) is 4.79 Å². The number of hydrogen-bond acceptors (Lipinski definition) is 4. The number of aromatic amines is 1. The lowest BCUT2D eigenvalue weighted by Crippen LogP contribution is -2.47. The predicted octanol–water partition coefficient (Wildman–Crippen LogP) is 3.51. The maximum atomic E-state index is 12.2. The Balaban J connectivity index is 1.53. The largest absolute Gasteiger partial charge is 0.335 e. The molecule has 2 aromatic rings. The number of imide groups is 1. The third-order valence-corrected chi connectivity index (χ3v) is 5.43. The van der Waals surface area contributed by atoms with Gasteiger partial charge in [-0.3, -0.25) is 10.1 Å². The number of H-pyrrole nitrogens is 1. The summed E-state index contributed by atoms with van der Waals surface area (Å²) in [4.78, 5) is 31.9. The van der Waals surface area contributed by atoms with E-state index in [0.717, 1.165) is 42.3 Å². The summed E-state index contributed by atoms with van der Waals surface area (Å²) in [5.74, 6) is -0.310. The molecule has 1 heterocycles. The summed E-state index contributed by atoms with van der Waals surface area (Å²) in [7, 11) is 0. The summed E-state index contributed by atoms with van der Waals surface area (Å²) in [6, 6.07) is 5.76. The molecule has 0 saturated heterocycles. The normalized spacial score (nSPS) is 16.6. The van der Waals surface area contributed by atoms with Crippen LogP contribution in [0.5, 0.6) is 0 Å². The van der Waals surface area contributed by atoms with Gasteiger partial charge in [-0.1, -0.05) is 37.1 Å². The van der Waals surface area contributed by atoms with E-state index in [1.165, 1.54) is 18.2 Å². The van der Waals surface area contributed by atoms with Crippen molar-refractivity contribution in [2.45, 2.75) is 62.4 Å². The van der Waals surface area contributed by atoms with Crippen LogP contribution in [0.25, 0.3) is 11.0 Å². The minimum atomic E-state index is -0.418. The van der Waals surface area contributed by atoms with Crippen LogP contribution in [0.15, 0.2) is 23.4 Å². The zero-order valence-corrected chi connectivity index (χ0v) is 15.4. The zero-order chi connectivity index (χ0) is 17.8. The van der Waals surface area contributed by atoms with E-state index in [9.17, 15) is 9.59 Å². The Bertz CT molecular complexity index is 768. The van der Waals surface area contributed by atoms with Gasteiger partial charge in [-0.2, -0.15) is 0 Å². The molecule has 6 nitrogen and oxygen atoms in total. The van der Waals surface area contributed by atoms with Gasteiger partial charge in [-0.15, -0.1) is 0 Å². The molecule has 25 heavy (non-hydrogen) atoms. The van der Waals surface area contributed by atoms with Crippen LogP contribution in [0.2, 0.25) is 0 Å². The van der Waals surface area contributed by atoms with E-state index in [2.05, 4.69) is 20.6 Å². The van der Waals surface area contributed by atoms with Crippen LogP contribution in [0.3, 0.4) is 0 Å². The molecule has 0 aliphatic heterocycles. The molecular weight excluding hydrogens is 336 g/mol. The van der Waals surface area contributed by atoms with E-state index in [1.807, 2.05) is 25.1 Å².